The molecular weight excluding hydrogens is 285 g/mol. The summed E-state index contributed by atoms with van der Waals surface area (Å²) in [5, 5.41) is 8.51. The van der Waals surface area contributed by atoms with Crippen LogP contribution in [-0.2, 0) is 11.0 Å². The van der Waals surface area contributed by atoms with Crippen LogP contribution in [0.3, 0.4) is 0 Å². The molecular formula is C15H15F3O3. The van der Waals surface area contributed by atoms with Crippen molar-refractivity contribution >= 4 is 12.0 Å². The third-order valence-corrected chi connectivity index (χ3v) is 3.45. The topological polar surface area (TPSA) is 46.5 Å². The Morgan fingerprint density at radius 3 is 2.62 bits per heavy atom. The maximum absolute atomic E-state index is 13.0. The molecule has 1 saturated carbocycles. The van der Waals surface area contributed by atoms with Gasteiger partial charge in [-0.15, -0.1) is 0 Å². The van der Waals surface area contributed by atoms with E-state index in [0.29, 0.717) is 18.6 Å². The molecule has 0 radical (unpaired) electrons. The van der Waals surface area contributed by atoms with Gasteiger partial charge in [0.15, 0.2) is 0 Å². The summed E-state index contributed by atoms with van der Waals surface area (Å²) in [7, 11) is 0. The molecule has 2 rings (SSSR count). The van der Waals surface area contributed by atoms with Gasteiger partial charge in [0, 0.05) is 6.08 Å². The van der Waals surface area contributed by atoms with E-state index in [4.69, 9.17) is 9.84 Å². The van der Waals surface area contributed by atoms with Gasteiger partial charge < -0.3 is 9.84 Å². The molecule has 1 aliphatic carbocycles. The molecule has 21 heavy (non-hydrogen) atoms. The summed E-state index contributed by atoms with van der Waals surface area (Å²) in [5.74, 6) is -0.721. The van der Waals surface area contributed by atoms with E-state index in [1.165, 1.54) is 12.1 Å². The third-order valence-electron chi connectivity index (χ3n) is 3.45. The molecule has 0 atom stereocenters. The second-order valence-corrected chi connectivity index (χ2v) is 5.03. The van der Waals surface area contributed by atoms with E-state index in [1.54, 1.807) is 0 Å². The number of hydrogen-bond donors (Lipinski definition) is 1. The Morgan fingerprint density at radius 1 is 1.38 bits per heavy atom. The molecule has 1 fully saturated rings. The summed E-state index contributed by atoms with van der Waals surface area (Å²) in [4.78, 5) is 10.4. The van der Waals surface area contributed by atoms with Crippen LogP contribution in [0, 0.1) is 5.92 Å². The summed E-state index contributed by atoms with van der Waals surface area (Å²) >= 11 is 0. The average molecular weight is 300 g/mol. The van der Waals surface area contributed by atoms with Crippen LogP contribution in [0.1, 0.15) is 30.4 Å². The number of carboxylic acid groups (broad SMARTS) is 1. The van der Waals surface area contributed by atoms with Gasteiger partial charge in [0.25, 0.3) is 0 Å². The molecule has 6 heteroatoms. The molecule has 1 aromatic rings. The highest BCUT2D eigenvalue weighted by Crippen LogP contribution is 2.35. The molecule has 0 aromatic heterocycles. The van der Waals surface area contributed by atoms with Gasteiger partial charge in [-0.1, -0.05) is 12.5 Å². The number of carboxylic acids is 1. The number of ether oxygens (including phenoxy) is 1. The van der Waals surface area contributed by atoms with Crippen LogP contribution in [0.15, 0.2) is 24.3 Å². The second kappa shape index (κ2) is 6.20. The lowest BCUT2D eigenvalue weighted by molar-refractivity contribution is -0.138. The van der Waals surface area contributed by atoms with Gasteiger partial charge in [0.05, 0.1) is 12.2 Å². The van der Waals surface area contributed by atoms with E-state index in [9.17, 15) is 18.0 Å². The Hall–Kier alpha value is -1.98. The minimum Gasteiger partial charge on any atom is -0.493 e. The highest BCUT2D eigenvalue weighted by molar-refractivity contribution is 5.85. The van der Waals surface area contributed by atoms with Crippen molar-refractivity contribution in [2.45, 2.75) is 25.4 Å². The number of aliphatic carboxylic acids is 1. The Balaban J connectivity index is 2.19. The molecule has 114 valence electrons. The van der Waals surface area contributed by atoms with Crippen LogP contribution in [0.5, 0.6) is 5.75 Å². The van der Waals surface area contributed by atoms with Gasteiger partial charge in [0.1, 0.15) is 5.75 Å². The predicted octanol–water partition coefficient (Wildman–Crippen LogP) is 3.98. The minimum absolute atomic E-state index is 0.154. The molecule has 0 bridgehead atoms. The number of rotatable bonds is 5. The van der Waals surface area contributed by atoms with E-state index in [-0.39, 0.29) is 11.3 Å². The first kappa shape index (κ1) is 15.4. The van der Waals surface area contributed by atoms with Crippen LogP contribution in [0.2, 0.25) is 0 Å². The van der Waals surface area contributed by atoms with E-state index in [2.05, 4.69) is 0 Å². The Labute approximate surface area is 120 Å². The van der Waals surface area contributed by atoms with E-state index in [0.717, 1.165) is 31.4 Å². The zero-order valence-electron chi connectivity index (χ0n) is 11.2. The van der Waals surface area contributed by atoms with Crippen molar-refractivity contribution in [1.82, 2.24) is 0 Å². The summed E-state index contributed by atoms with van der Waals surface area (Å²) in [6, 6.07) is 3.56. The zero-order chi connectivity index (χ0) is 15.5. The first-order chi connectivity index (χ1) is 9.86. The first-order valence-corrected chi connectivity index (χ1v) is 6.61. The fourth-order valence-corrected chi connectivity index (χ4v) is 2.05. The van der Waals surface area contributed by atoms with Crippen LogP contribution in [0.4, 0.5) is 13.2 Å². The number of benzene rings is 1. The molecule has 0 heterocycles. The fraction of sp³-hybridized carbons (Fsp3) is 0.400. The van der Waals surface area contributed by atoms with Crippen molar-refractivity contribution in [3.05, 3.63) is 35.4 Å². The molecule has 0 aliphatic heterocycles. The smallest absolute Gasteiger partial charge is 0.417 e. The molecule has 0 unspecified atom stereocenters. The first-order valence-electron chi connectivity index (χ1n) is 6.61. The Kier molecular flexibility index (Phi) is 4.55. The normalized spacial score (nSPS) is 16.0. The predicted molar refractivity (Wildman–Crippen MR) is 70.9 cm³/mol. The van der Waals surface area contributed by atoms with Crippen LogP contribution in [-0.4, -0.2) is 17.7 Å². The van der Waals surface area contributed by atoms with Gasteiger partial charge in [-0.3, -0.25) is 0 Å². The van der Waals surface area contributed by atoms with Gasteiger partial charge in [-0.2, -0.15) is 13.2 Å². The molecule has 1 N–H and O–H groups in total. The van der Waals surface area contributed by atoms with E-state index < -0.39 is 17.7 Å². The SMILES string of the molecule is O=C(O)/C=C/c1ccc(OCC2CCC2)cc1C(F)(F)F. The quantitative estimate of drug-likeness (QED) is 0.837. The van der Waals surface area contributed by atoms with Gasteiger partial charge in [-0.25, -0.2) is 4.79 Å². The molecule has 0 saturated heterocycles. The minimum atomic E-state index is -4.56. The summed E-state index contributed by atoms with van der Waals surface area (Å²) in [5.41, 5.74) is -1.09. The maximum atomic E-state index is 13.0. The van der Waals surface area contributed by atoms with E-state index in [1.807, 2.05) is 0 Å². The molecule has 1 aromatic carbocycles. The summed E-state index contributed by atoms with van der Waals surface area (Å²) in [6.45, 7) is 0.418. The second-order valence-electron chi connectivity index (χ2n) is 5.03. The van der Waals surface area contributed by atoms with Crippen molar-refractivity contribution < 1.29 is 27.8 Å². The Bertz CT molecular complexity index is 546. The summed E-state index contributed by atoms with van der Waals surface area (Å²) < 4.78 is 44.4. The van der Waals surface area contributed by atoms with Gasteiger partial charge >= 0.3 is 12.1 Å². The molecule has 3 nitrogen and oxygen atoms in total. The van der Waals surface area contributed by atoms with Gasteiger partial charge in [-0.05, 0) is 42.5 Å². The number of hydrogen-bond acceptors (Lipinski definition) is 2. The van der Waals surface area contributed by atoms with Crippen LogP contribution in [0.25, 0.3) is 6.08 Å². The lowest BCUT2D eigenvalue weighted by atomic mass is 9.86. The lowest BCUT2D eigenvalue weighted by Crippen LogP contribution is -2.19. The molecule has 0 spiro atoms. The summed E-state index contributed by atoms with van der Waals surface area (Å²) in [6.07, 6.45) is 0.284. The molecule has 0 amide bonds. The lowest BCUT2D eigenvalue weighted by Gasteiger charge is -2.25. The maximum Gasteiger partial charge on any atom is 0.417 e. The van der Waals surface area contributed by atoms with Crippen molar-refractivity contribution in [1.29, 1.82) is 0 Å². The number of halogens is 3. The fourth-order valence-electron chi connectivity index (χ4n) is 2.05. The van der Waals surface area contributed by atoms with Crippen LogP contribution >= 0.6 is 0 Å². The number of carbonyl (C=O) groups is 1. The average Bonchev–Trinajstić information content (AvgIpc) is 2.34. The van der Waals surface area contributed by atoms with Crippen molar-refractivity contribution in [3.8, 4) is 5.75 Å². The molecule has 1 aliphatic rings. The zero-order valence-corrected chi connectivity index (χ0v) is 11.2. The highest BCUT2D eigenvalue weighted by Gasteiger charge is 2.33. The van der Waals surface area contributed by atoms with Gasteiger partial charge in [0.2, 0.25) is 0 Å². The third kappa shape index (κ3) is 4.24. The van der Waals surface area contributed by atoms with E-state index >= 15 is 0 Å². The largest absolute Gasteiger partial charge is 0.493 e. The van der Waals surface area contributed by atoms with Crippen LogP contribution < -0.4 is 4.74 Å². The van der Waals surface area contributed by atoms with Crippen molar-refractivity contribution in [3.63, 3.8) is 0 Å². The van der Waals surface area contributed by atoms with Crippen molar-refractivity contribution in [2.24, 2.45) is 5.92 Å². The van der Waals surface area contributed by atoms with Crippen molar-refractivity contribution in [2.75, 3.05) is 6.61 Å². The number of alkyl halides is 3. The highest BCUT2D eigenvalue weighted by atomic mass is 19.4. The Morgan fingerprint density at radius 2 is 2.10 bits per heavy atom. The monoisotopic (exact) mass is 300 g/mol. The standard InChI is InChI=1S/C15H15F3O3/c16-15(17,18)13-8-12(21-9-10-2-1-3-10)6-4-11(13)5-7-14(19)20/h4-8,10H,1-3,9H2,(H,19,20)/b7-5+.